The molecule has 0 aliphatic rings. The van der Waals surface area contributed by atoms with E-state index in [-0.39, 0.29) is 11.6 Å². The van der Waals surface area contributed by atoms with Crippen molar-refractivity contribution in [1.82, 2.24) is 4.90 Å². The van der Waals surface area contributed by atoms with Gasteiger partial charge in [-0.3, -0.25) is 0 Å². The molecule has 3 nitrogen and oxygen atoms in total. The summed E-state index contributed by atoms with van der Waals surface area (Å²) in [6.45, 7) is 2.08. The topological polar surface area (TPSA) is 21.7 Å². The van der Waals surface area contributed by atoms with Gasteiger partial charge in [0.2, 0.25) is 0 Å². The summed E-state index contributed by atoms with van der Waals surface area (Å²) in [6, 6.07) is 3.39. The Morgan fingerprint density at radius 3 is 2.24 bits per heavy atom. The first-order chi connectivity index (χ1) is 7.99. The van der Waals surface area contributed by atoms with Crippen molar-refractivity contribution in [2.75, 3.05) is 28.3 Å². The predicted molar refractivity (Wildman–Crippen MR) is 66.4 cm³/mol. The predicted octanol–water partition coefficient (Wildman–Crippen LogP) is 2.34. The largest absolute Gasteiger partial charge is 0.496 e. The molecule has 17 heavy (non-hydrogen) atoms. The molecule has 1 atom stereocenters. The number of benzene rings is 1. The van der Waals surface area contributed by atoms with Gasteiger partial charge in [-0.1, -0.05) is 0 Å². The standard InChI is InChI=1S/C13H20FNO2/c1-9(15(2)3)6-10-7-11(14)13(17-5)8-12(10)16-4/h7-9H,6H2,1-5H3/t9-/m1/s1. The third-order valence-corrected chi connectivity index (χ3v) is 2.95. The third-order valence-electron chi connectivity index (χ3n) is 2.95. The van der Waals surface area contributed by atoms with E-state index in [9.17, 15) is 4.39 Å². The van der Waals surface area contributed by atoms with Gasteiger partial charge in [0.25, 0.3) is 0 Å². The monoisotopic (exact) mass is 241 g/mol. The molecule has 1 aromatic rings. The molecule has 96 valence electrons. The smallest absolute Gasteiger partial charge is 0.165 e. The lowest BCUT2D eigenvalue weighted by Crippen LogP contribution is -2.26. The van der Waals surface area contributed by atoms with Crippen molar-refractivity contribution in [2.45, 2.75) is 19.4 Å². The van der Waals surface area contributed by atoms with Gasteiger partial charge in [-0.15, -0.1) is 0 Å². The van der Waals surface area contributed by atoms with Crippen LogP contribution < -0.4 is 9.47 Å². The maximum atomic E-state index is 13.6. The van der Waals surface area contributed by atoms with Crippen molar-refractivity contribution in [2.24, 2.45) is 0 Å². The molecule has 0 radical (unpaired) electrons. The first-order valence-electron chi connectivity index (χ1n) is 5.56. The van der Waals surface area contributed by atoms with Crippen LogP contribution in [0.1, 0.15) is 12.5 Å². The lowest BCUT2D eigenvalue weighted by Gasteiger charge is -2.21. The highest BCUT2D eigenvalue weighted by atomic mass is 19.1. The third kappa shape index (κ3) is 3.33. The van der Waals surface area contributed by atoms with Crippen LogP contribution in [0.25, 0.3) is 0 Å². The van der Waals surface area contributed by atoms with E-state index in [1.807, 2.05) is 14.1 Å². The van der Waals surface area contributed by atoms with Crippen molar-refractivity contribution in [1.29, 1.82) is 0 Å². The molecule has 0 bridgehead atoms. The van der Waals surface area contributed by atoms with Crippen molar-refractivity contribution in [3.63, 3.8) is 0 Å². The lowest BCUT2D eigenvalue weighted by atomic mass is 10.0. The van der Waals surface area contributed by atoms with E-state index in [1.165, 1.54) is 13.2 Å². The summed E-state index contributed by atoms with van der Waals surface area (Å²) in [7, 11) is 7.02. The highest BCUT2D eigenvalue weighted by Gasteiger charge is 2.14. The van der Waals surface area contributed by atoms with Crippen molar-refractivity contribution >= 4 is 0 Å². The normalized spacial score (nSPS) is 12.6. The molecule has 0 aromatic heterocycles. The molecule has 0 fully saturated rings. The van der Waals surface area contributed by atoms with Gasteiger partial charge >= 0.3 is 0 Å². The quantitative estimate of drug-likeness (QED) is 0.789. The highest BCUT2D eigenvalue weighted by molar-refractivity contribution is 5.42. The summed E-state index contributed by atoms with van der Waals surface area (Å²) >= 11 is 0. The van der Waals surface area contributed by atoms with Crippen molar-refractivity contribution in [3.8, 4) is 11.5 Å². The van der Waals surface area contributed by atoms with Gasteiger partial charge < -0.3 is 14.4 Å². The fourth-order valence-electron chi connectivity index (χ4n) is 1.58. The molecule has 0 aliphatic carbocycles. The Morgan fingerprint density at radius 1 is 1.18 bits per heavy atom. The maximum Gasteiger partial charge on any atom is 0.165 e. The molecular weight excluding hydrogens is 221 g/mol. The van der Waals surface area contributed by atoms with Gasteiger partial charge in [-0.2, -0.15) is 0 Å². The SMILES string of the molecule is COc1cc(OC)c(C[C@@H](C)N(C)C)cc1F. The Hall–Kier alpha value is -1.29. The fourth-order valence-corrected chi connectivity index (χ4v) is 1.58. The zero-order chi connectivity index (χ0) is 13.0. The molecule has 0 aliphatic heterocycles. The zero-order valence-electron chi connectivity index (χ0n) is 11.1. The number of methoxy groups -OCH3 is 2. The van der Waals surface area contributed by atoms with E-state index in [0.717, 1.165) is 12.0 Å². The second-order valence-electron chi connectivity index (χ2n) is 4.32. The van der Waals surface area contributed by atoms with Gasteiger partial charge in [0.1, 0.15) is 5.75 Å². The summed E-state index contributed by atoms with van der Waals surface area (Å²) in [5.41, 5.74) is 0.854. The fraction of sp³-hybridized carbons (Fsp3) is 0.538. The molecule has 0 heterocycles. The molecule has 0 amide bonds. The van der Waals surface area contributed by atoms with Crippen LogP contribution in [0.5, 0.6) is 11.5 Å². The summed E-state index contributed by atoms with van der Waals surface area (Å²) in [6.07, 6.45) is 0.733. The summed E-state index contributed by atoms with van der Waals surface area (Å²) in [5.74, 6) is 0.523. The van der Waals surface area contributed by atoms with Gasteiger partial charge in [-0.25, -0.2) is 4.39 Å². The van der Waals surface area contributed by atoms with Crippen molar-refractivity contribution < 1.29 is 13.9 Å². The first kappa shape index (κ1) is 13.8. The van der Waals surface area contributed by atoms with Crippen LogP contribution in [0.4, 0.5) is 4.39 Å². The average Bonchev–Trinajstić information content (AvgIpc) is 2.29. The van der Waals surface area contributed by atoms with Crippen molar-refractivity contribution in [3.05, 3.63) is 23.5 Å². The van der Waals surface area contributed by atoms with E-state index < -0.39 is 0 Å². The minimum atomic E-state index is -0.353. The van der Waals surface area contributed by atoms with Gasteiger partial charge in [-0.05, 0) is 39.1 Å². The molecule has 1 aromatic carbocycles. The summed E-state index contributed by atoms with van der Waals surface area (Å²) in [4.78, 5) is 2.08. The van der Waals surface area contributed by atoms with E-state index >= 15 is 0 Å². The minimum Gasteiger partial charge on any atom is -0.496 e. The Morgan fingerprint density at radius 2 is 1.76 bits per heavy atom. The van der Waals surface area contributed by atoms with E-state index in [0.29, 0.717) is 11.8 Å². The van der Waals surface area contributed by atoms with Gasteiger partial charge in [0.05, 0.1) is 14.2 Å². The number of ether oxygens (including phenoxy) is 2. The van der Waals surface area contributed by atoms with Crippen LogP contribution >= 0.6 is 0 Å². The molecule has 1 rings (SSSR count). The maximum absolute atomic E-state index is 13.6. The number of halogens is 1. The zero-order valence-corrected chi connectivity index (χ0v) is 11.1. The molecule has 0 saturated carbocycles. The van der Waals surface area contributed by atoms with E-state index in [1.54, 1.807) is 13.2 Å². The number of rotatable bonds is 5. The average molecular weight is 241 g/mol. The molecule has 0 unspecified atom stereocenters. The van der Waals surface area contributed by atoms with Crippen LogP contribution in [0.3, 0.4) is 0 Å². The number of likely N-dealkylation sites (N-methyl/N-ethyl adjacent to an activating group) is 1. The molecule has 4 heteroatoms. The van der Waals surface area contributed by atoms with Crippen LogP contribution in [0.15, 0.2) is 12.1 Å². The molecule has 0 spiro atoms. The number of nitrogens with zero attached hydrogens (tertiary/aromatic N) is 1. The van der Waals surface area contributed by atoms with Crippen LogP contribution in [-0.2, 0) is 6.42 Å². The van der Waals surface area contributed by atoms with Gasteiger partial charge in [0.15, 0.2) is 11.6 Å². The Balaban J connectivity index is 3.02. The van der Waals surface area contributed by atoms with Gasteiger partial charge in [0, 0.05) is 12.1 Å². The summed E-state index contributed by atoms with van der Waals surface area (Å²) < 4.78 is 23.8. The molecular formula is C13H20FNO2. The summed E-state index contributed by atoms with van der Waals surface area (Å²) in [5, 5.41) is 0. The Labute approximate surface area is 102 Å². The number of hydrogen-bond donors (Lipinski definition) is 0. The minimum absolute atomic E-state index is 0.211. The van der Waals surface area contributed by atoms with Crippen LogP contribution in [0.2, 0.25) is 0 Å². The highest BCUT2D eigenvalue weighted by Crippen LogP contribution is 2.29. The second-order valence-corrected chi connectivity index (χ2v) is 4.32. The van der Waals surface area contributed by atoms with Crippen LogP contribution in [-0.4, -0.2) is 39.3 Å². The van der Waals surface area contributed by atoms with Crippen LogP contribution in [0, 0.1) is 5.82 Å². The second kappa shape index (κ2) is 5.87. The molecule has 0 saturated heterocycles. The van der Waals surface area contributed by atoms with E-state index in [4.69, 9.17) is 9.47 Å². The van der Waals surface area contributed by atoms with E-state index in [2.05, 4.69) is 11.8 Å². The Kier molecular flexibility index (Phi) is 4.75. The Bertz CT molecular complexity index is 380. The first-order valence-corrected chi connectivity index (χ1v) is 5.56. The number of hydrogen-bond acceptors (Lipinski definition) is 3. The molecule has 0 N–H and O–H groups in total. The lowest BCUT2D eigenvalue weighted by molar-refractivity contribution is 0.307.